The molecule has 6 heteroatoms. The fraction of sp³-hybridized carbons (Fsp3) is 0.389. The van der Waals surface area contributed by atoms with Crippen LogP contribution >= 0.6 is 0 Å². The van der Waals surface area contributed by atoms with Crippen molar-refractivity contribution >= 4 is 11.8 Å². The molecule has 126 valence electrons. The first-order valence-electron chi connectivity index (χ1n) is 7.91. The number of carboxylic acid groups (broad SMARTS) is 1. The largest absolute Gasteiger partial charge is 0.475 e. The van der Waals surface area contributed by atoms with Crippen LogP contribution in [-0.4, -0.2) is 32.3 Å². The van der Waals surface area contributed by atoms with Crippen molar-refractivity contribution in [2.75, 3.05) is 5.32 Å². The lowest BCUT2D eigenvalue weighted by atomic mass is 9.92. The highest BCUT2D eigenvalue weighted by Gasteiger charge is 2.31. The average Bonchev–Trinajstić information content (AvgIpc) is 2.82. The van der Waals surface area contributed by atoms with Crippen molar-refractivity contribution in [3.8, 4) is 0 Å². The molecular formula is C18H21N3O3. The number of hydrogen-bond acceptors (Lipinski definition) is 5. The van der Waals surface area contributed by atoms with Gasteiger partial charge < -0.3 is 15.5 Å². The molecule has 24 heavy (non-hydrogen) atoms. The van der Waals surface area contributed by atoms with Gasteiger partial charge in [0, 0.05) is 17.9 Å². The maximum Gasteiger partial charge on any atom is 0.374 e. The van der Waals surface area contributed by atoms with Gasteiger partial charge in [0.05, 0.1) is 17.8 Å². The van der Waals surface area contributed by atoms with E-state index in [1.54, 1.807) is 6.07 Å². The van der Waals surface area contributed by atoms with Gasteiger partial charge in [0.2, 0.25) is 5.82 Å². The van der Waals surface area contributed by atoms with Crippen molar-refractivity contribution in [3.63, 3.8) is 0 Å². The van der Waals surface area contributed by atoms with Gasteiger partial charge in [-0.15, -0.1) is 0 Å². The number of aromatic nitrogens is 2. The van der Waals surface area contributed by atoms with Crippen molar-refractivity contribution in [3.05, 3.63) is 53.0 Å². The molecule has 6 nitrogen and oxygen atoms in total. The van der Waals surface area contributed by atoms with Crippen LogP contribution in [0.2, 0.25) is 0 Å². The van der Waals surface area contributed by atoms with Crippen LogP contribution in [0, 0.1) is 0 Å². The minimum absolute atomic E-state index is 0.245. The summed E-state index contributed by atoms with van der Waals surface area (Å²) in [5, 5.41) is 22.8. The van der Waals surface area contributed by atoms with Crippen molar-refractivity contribution in [1.29, 1.82) is 0 Å². The lowest BCUT2D eigenvalue weighted by molar-refractivity contribution is 0.0683. The highest BCUT2D eigenvalue weighted by molar-refractivity contribution is 5.83. The zero-order chi connectivity index (χ0) is 17.5. The number of carboxylic acids is 1. The molecule has 1 aliphatic rings. The highest BCUT2D eigenvalue weighted by Crippen LogP contribution is 2.34. The Morgan fingerprint density at radius 2 is 1.96 bits per heavy atom. The number of hydrogen-bond donors (Lipinski definition) is 3. The summed E-state index contributed by atoms with van der Waals surface area (Å²) < 4.78 is 0. The van der Waals surface area contributed by atoms with Gasteiger partial charge in [0.25, 0.3) is 0 Å². The van der Waals surface area contributed by atoms with Crippen LogP contribution in [0.15, 0.2) is 30.3 Å². The molecule has 2 atom stereocenters. The summed E-state index contributed by atoms with van der Waals surface area (Å²) in [4.78, 5) is 19.5. The SMILES string of the molecule is CC(C)(C)c1cc(N[C@@H]2c3ccccc3C[C@@H]2O)nc(C(=O)O)n1. The van der Waals surface area contributed by atoms with Crippen LogP contribution in [0.5, 0.6) is 0 Å². The average molecular weight is 327 g/mol. The van der Waals surface area contributed by atoms with Crippen LogP contribution in [0.3, 0.4) is 0 Å². The molecule has 1 heterocycles. The third-order valence-electron chi connectivity index (χ3n) is 4.19. The van der Waals surface area contributed by atoms with Crippen molar-refractivity contribution < 1.29 is 15.0 Å². The maximum absolute atomic E-state index is 11.3. The molecule has 0 saturated carbocycles. The van der Waals surface area contributed by atoms with Crippen LogP contribution in [0.25, 0.3) is 0 Å². The van der Waals surface area contributed by atoms with E-state index in [-0.39, 0.29) is 17.3 Å². The Balaban J connectivity index is 1.98. The number of anilines is 1. The molecule has 0 fully saturated rings. The zero-order valence-electron chi connectivity index (χ0n) is 13.9. The van der Waals surface area contributed by atoms with E-state index in [9.17, 15) is 15.0 Å². The monoisotopic (exact) mass is 327 g/mol. The minimum atomic E-state index is -1.17. The summed E-state index contributed by atoms with van der Waals surface area (Å²) in [5.41, 5.74) is 2.43. The smallest absolute Gasteiger partial charge is 0.374 e. The van der Waals surface area contributed by atoms with Gasteiger partial charge >= 0.3 is 5.97 Å². The number of nitrogens with zero attached hydrogens (tertiary/aromatic N) is 2. The van der Waals surface area contributed by atoms with E-state index in [2.05, 4.69) is 15.3 Å². The van der Waals surface area contributed by atoms with Gasteiger partial charge in [-0.1, -0.05) is 45.0 Å². The molecule has 1 aliphatic carbocycles. The quantitative estimate of drug-likeness (QED) is 0.802. The summed E-state index contributed by atoms with van der Waals surface area (Å²) in [6.45, 7) is 5.89. The molecule has 1 aromatic carbocycles. The fourth-order valence-corrected chi connectivity index (χ4v) is 2.91. The molecule has 0 spiro atoms. The van der Waals surface area contributed by atoms with E-state index >= 15 is 0 Å². The predicted molar refractivity (Wildman–Crippen MR) is 90.2 cm³/mol. The first-order valence-corrected chi connectivity index (χ1v) is 7.91. The zero-order valence-corrected chi connectivity index (χ0v) is 13.9. The number of aliphatic hydroxyl groups is 1. The Hall–Kier alpha value is -2.47. The first kappa shape index (κ1) is 16.4. The summed E-state index contributed by atoms with van der Waals surface area (Å²) in [7, 11) is 0. The van der Waals surface area contributed by atoms with E-state index in [1.807, 2.05) is 45.0 Å². The van der Waals surface area contributed by atoms with Gasteiger partial charge in [-0.25, -0.2) is 14.8 Å². The molecule has 0 aliphatic heterocycles. The lowest BCUT2D eigenvalue weighted by Gasteiger charge is -2.22. The fourth-order valence-electron chi connectivity index (χ4n) is 2.91. The standard InChI is InChI=1S/C18H21N3O3/c1-18(2,3)13-9-14(21-16(19-13)17(23)24)20-15-11-7-5-4-6-10(11)8-12(15)22/h4-7,9,12,15,22H,8H2,1-3H3,(H,23,24)(H,19,20,21)/t12-,15+/m0/s1. The molecule has 0 saturated heterocycles. The van der Waals surface area contributed by atoms with E-state index in [0.717, 1.165) is 11.1 Å². The summed E-state index contributed by atoms with van der Waals surface area (Å²) in [6.07, 6.45) is -0.0136. The second kappa shape index (κ2) is 5.87. The highest BCUT2D eigenvalue weighted by atomic mass is 16.4. The van der Waals surface area contributed by atoms with Gasteiger partial charge in [-0.3, -0.25) is 0 Å². The third-order valence-corrected chi connectivity index (χ3v) is 4.19. The number of benzene rings is 1. The molecule has 2 aromatic rings. The summed E-state index contributed by atoms with van der Waals surface area (Å²) in [6, 6.07) is 9.26. The third kappa shape index (κ3) is 3.10. The number of rotatable bonds is 3. The molecule has 0 radical (unpaired) electrons. The first-order chi connectivity index (χ1) is 11.3. The second-order valence-corrected chi connectivity index (χ2v) is 7.11. The van der Waals surface area contributed by atoms with Crippen LogP contribution < -0.4 is 5.32 Å². The molecule has 3 N–H and O–H groups in total. The van der Waals surface area contributed by atoms with Crippen molar-refractivity contribution in [2.45, 2.75) is 44.8 Å². The van der Waals surface area contributed by atoms with Gasteiger partial charge in [-0.05, 0) is 11.1 Å². The predicted octanol–water partition coefficient (Wildman–Crippen LogP) is 2.54. The molecule has 3 rings (SSSR count). The van der Waals surface area contributed by atoms with E-state index < -0.39 is 12.1 Å². The summed E-state index contributed by atoms with van der Waals surface area (Å²) in [5.74, 6) is -1.00. The van der Waals surface area contributed by atoms with Gasteiger partial charge in [0.1, 0.15) is 5.82 Å². The van der Waals surface area contributed by atoms with Crippen LogP contribution in [0.4, 0.5) is 5.82 Å². The topological polar surface area (TPSA) is 95.3 Å². The lowest BCUT2D eigenvalue weighted by Crippen LogP contribution is -2.24. The number of aromatic carboxylic acids is 1. The minimum Gasteiger partial charge on any atom is -0.475 e. The van der Waals surface area contributed by atoms with E-state index in [1.165, 1.54) is 0 Å². The normalized spacial score (nSPS) is 19.8. The molecule has 1 aromatic heterocycles. The Morgan fingerprint density at radius 1 is 1.25 bits per heavy atom. The van der Waals surface area contributed by atoms with Crippen LogP contribution in [-0.2, 0) is 11.8 Å². The van der Waals surface area contributed by atoms with Gasteiger partial charge in [0.15, 0.2) is 0 Å². The number of nitrogens with one attached hydrogen (secondary N) is 1. The second-order valence-electron chi connectivity index (χ2n) is 7.11. The Morgan fingerprint density at radius 3 is 2.62 bits per heavy atom. The van der Waals surface area contributed by atoms with Crippen molar-refractivity contribution in [2.24, 2.45) is 0 Å². The van der Waals surface area contributed by atoms with Crippen molar-refractivity contribution in [1.82, 2.24) is 9.97 Å². The maximum atomic E-state index is 11.3. The molecule has 0 amide bonds. The Bertz CT molecular complexity index is 783. The molecule has 0 bridgehead atoms. The number of carbonyl (C=O) groups is 1. The van der Waals surface area contributed by atoms with E-state index in [0.29, 0.717) is 17.9 Å². The van der Waals surface area contributed by atoms with Gasteiger partial charge in [-0.2, -0.15) is 0 Å². The molecule has 0 unspecified atom stereocenters. The number of fused-ring (bicyclic) bond motifs is 1. The Kier molecular flexibility index (Phi) is 4.01. The van der Waals surface area contributed by atoms with E-state index in [4.69, 9.17) is 0 Å². The Labute approximate surface area is 140 Å². The summed E-state index contributed by atoms with van der Waals surface area (Å²) >= 11 is 0. The van der Waals surface area contributed by atoms with Crippen LogP contribution in [0.1, 0.15) is 54.3 Å². The number of aliphatic hydroxyl groups excluding tert-OH is 1. The molecular weight excluding hydrogens is 306 g/mol.